The number of nitrogens with one attached hydrogen (secondary N) is 1. The third-order valence-corrected chi connectivity index (χ3v) is 5.08. The Balaban J connectivity index is 0.00000225. The first-order chi connectivity index (χ1) is 11.6. The van der Waals surface area contributed by atoms with Crippen molar-refractivity contribution in [3.63, 3.8) is 0 Å². The molecule has 3 rings (SSSR count). The average molecular weight is 458 g/mol. The Kier molecular flexibility index (Phi) is 7.51. The van der Waals surface area contributed by atoms with Crippen LogP contribution in [0.1, 0.15) is 24.0 Å². The Bertz CT molecular complexity index is 585. The van der Waals surface area contributed by atoms with Crippen molar-refractivity contribution in [2.75, 3.05) is 47.4 Å². The molecule has 0 aromatic heterocycles. The molecule has 6 heteroatoms. The summed E-state index contributed by atoms with van der Waals surface area (Å²) in [6.45, 7) is 5.74. The standard InChI is InChI=1S/C19H30N4O.HI/c1-20-18(23-9-7-19(14-23)8-10-24-15-19)21-12-16-5-4-6-17(11-16)13-22(2)3;/h4-6,11H,7-10,12-15H2,1-3H3,(H,20,21);1H. The highest BCUT2D eigenvalue weighted by Gasteiger charge is 2.42. The van der Waals surface area contributed by atoms with Gasteiger partial charge in [-0.15, -0.1) is 24.0 Å². The number of likely N-dealkylation sites (tertiary alicyclic amines) is 1. The molecule has 140 valence electrons. The highest BCUT2D eigenvalue weighted by molar-refractivity contribution is 14.0. The number of aliphatic imine (C=N–C) groups is 1. The van der Waals surface area contributed by atoms with Gasteiger partial charge in [0.05, 0.1) is 6.61 Å². The molecule has 0 radical (unpaired) electrons. The topological polar surface area (TPSA) is 40.1 Å². The van der Waals surface area contributed by atoms with Crippen LogP contribution in [0, 0.1) is 5.41 Å². The van der Waals surface area contributed by atoms with Gasteiger partial charge in [-0.1, -0.05) is 24.3 Å². The Hall–Kier alpha value is -0.860. The van der Waals surface area contributed by atoms with Crippen molar-refractivity contribution in [1.29, 1.82) is 0 Å². The molecule has 25 heavy (non-hydrogen) atoms. The molecule has 1 atom stereocenters. The van der Waals surface area contributed by atoms with Crippen molar-refractivity contribution in [2.45, 2.75) is 25.9 Å². The molecule has 2 saturated heterocycles. The lowest BCUT2D eigenvalue weighted by molar-refractivity contribution is 0.156. The molecule has 1 spiro atoms. The summed E-state index contributed by atoms with van der Waals surface area (Å²) in [5.74, 6) is 1.01. The molecule has 1 aromatic carbocycles. The normalized spacial score (nSPS) is 23.4. The number of ether oxygens (including phenoxy) is 1. The van der Waals surface area contributed by atoms with Gasteiger partial charge in [-0.3, -0.25) is 4.99 Å². The van der Waals surface area contributed by atoms with E-state index in [4.69, 9.17) is 4.74 Å². The van der Waals surface area contributed by atoms with Gasteiger partial charge in [-0.2, -0.15) is 0 Å². The van der Waals surface area contributed by atoms with E-state index in [1.165, 1.54) is 24.0 Å². The summed E-state index contributed by atoms with van der Waals surface area (Å²) in [7, 11) is 6.08. The van der Waals surface area contributed by atoms with Crippen molar-refractivity contribution >= 4 is 29.9 Å². The summed E-state index contributed by atoms with van der Waals surface area (Å²) < 4.78 is 5.63. The van der Waals surface area contributed by atoms with Crippen LogP contribution in [0.2, 0.25) is 0 Å². The van der Waals surface area contributed by atoms with Crippen LogP contribution in [0.5, 0.6) is 0 Å². The number of guanidine groups is 1. The monoisotopic (exact) mass is 458 g/mol. The van der Waals surface area contributed by atoms with E-state index in [9.17, 15) is 0 Å². The number of benzene rings is 1. The van der Waals surface area contributed by atoms with Crippen molar-refractivity contribution in [3.8, 4) is 0 Å². The van der Waals surface area contributed by atoms with Crippen LogP contribution < -0.4 is 5.32 Å². The number of nitrogens with zero attached hydrogens (tertiary/aromatic N) is 3. The summed E-state index contributed by atoms with van der Waals surface area (Å²) in [5, 5.41) is 3.54. The summed E-state index contributed by atoms with van der Waals surface area (Å²) in [6.07, 6.45) is 2.40. The highest BCUT2D eigenvalue weighted by atomic mass is 127. The molecule has 1 N–H and O–H groups in total. The van der Waals surface area contributed by atoms with Crippen molar-refractivity contribution < 1.29 is 4.74 Å². The molecule has 1 unspecified atom stereocenters. The Morgan fingerprint density at radius 3 is 2.80 bits per heavy atom. The predicted molar refractivity (Wildman–Crippen MR) is 114 cm³/mol. The van der Waals surface area contributed by atoms with Crippen molar-refractivity contribution in [3.05, 3.63) is 35.4 Å². The minimum absolute atomic E-state index is 0. The molecular formula is C19H31IN4O. The summed E-state index contributed by atoms with van der Waals surface area (Å²) in [6, 6.07) is 8.77. The Labute approximate surface area is 168 Å². The molecular weight excluding hydrogens is 427 g/mol. The van der Waals surface area contributed by atoms with Crippen LogP contribution in [0.3, 0.4) is 0 Å². The first-order valence-corrected chi connectivity index (χ1v) is 8.86. The zero-order chi connectivity index (χ0) is 17.0. The second-order valence-corrected chi connectivity index (χ2v) is 7.43. The maximum absolute atomic E-state index is 5.63. The minimum Gasteiger partial charge on any atom is -0.381 e. The lowest BCUT2D eigenvalue weighted by atomic mass is 9.87. The first kappa shape index (κ1) is 20.5. The quantitative estimate of drug-likeness (QED) is 0.428. The second-order valence-electron chi connectivity index (χ2n) is 7.43. The van der Waals surface area contributed by atoms with Gasteiger partial charge in [0, 0.05) is 45.2 Å². The molecule has 2 fully saturated rings. The molecule has 0 amide bonds. The molecule has 1 aromatic rings. The fourth-order valence-electron chi connectivity index (χ4n) is 3.80. The van der Waals surface area contributed by atoms with E-state index in [1.807, 2.05) is 7.05 Å². The van der Waals surface area contributed by atoms with Gasteiger partial charge >= 0.3 is 0 Å². The maximum atomic E-state index is 5.63. The lowest BCUT2D eigenvalue weighted by Crippen LogP contribution is -2.41. The minimum atomic E-state index is 0. The van der Waals surface area contributed by atoms with E-state index < -0.39 is 0 Å². The molecule has 2 heterocycles. The second kappa shape index (κ2) is 9.19. The zero-order valence-electron chi connectivity index (χ0n) is 15.6. The number of rotatable bonds is 4. The van der Waals surface area contributed by atoms with E-state index in [2.05, 4.69) is 58.5 Å². The molecule has 0 saturated carbocycles. The van der Waals surface area contributed by atoms with Gasteiger partial charge in [0.25, 0.3) is 0 Å². The summed E-state index contributed by atoms with van der Waals surface area (Å²) in [5.41, 5.74) is 3.01. The molecule has 5 nitrogen and oxygen atoms in total. The Morgan fingerprint density at radius 1 is 1.32 bits per heavy atom. The van der Waals surface area contributed by atoms with Crippen molar-refractivity contribution in [2.24, 2.45) is 10.4 Å². The SMILES string of the molecule is CN=C(NCc1cccc(CN(C)C)c1)N1CCC2(CCOC2)C1.I. The lowest BCUT2D eigenvalue weighted by Gasteiger charge is -2.25. The van der Waals surface area contributed by atoms with Crippen LogP contribution in [-0.2, 0) is 17.8 Å². The van der Waals surface area contributed by atoms with E-state index in [0.29, 0.717) is 5.41 Å². The third-order valence-electron chi connectivity index (χ3n) is 5.08. The molecule has 0 aliphatic carbocycles. The van der Waals surface area contributed by atoms with E-state index in [0.717, 1.165) is 45.4 Å². The van der Waals surface area contributed by atoms with Crippen molar-refractivity contribution in [1.82, 2.24) is 15.1 Å². The third kappa shape index (κ3) is 5.31. The van der Waals surface area contributed by atoms with Crippen LogP contribution >= 0.6 is 24.0 Å². The predicted octanol–water partition coefficient (Wildman–Crippen LogP) is 2.55. The van der Waals surface area contributed by atoms with E-state index in [-0.39, 0.29) is 24.0 Å². The Morgan fingerprint density at radius 2 is 2.12 bits per heavy atom. The largest absolute Gasteiger partial charge is 0.381 e. The average Bonchev–Trinajstić information content (AvgIpc) is 3.18. The van der Waals surface area contributed by atoms with Gasteiger partial charge in [0.2, 0.25) is 0 Å². The maximum Gasteiger partial charge on any atom is 0.193 e. The van der Waals surface area contributed by atoms with Crippen LogP contribution in [-0.4, -0.2) is 63.2 Å². The van der Waals surface area contributed by atoms with E-state index >= 15 is 0 Å². The fourth-order valence-corrected chi connectivity index (χ4v) is 3.80. The molecule has 2 aliphatic rings. The fraction of sp³-hybridized carbons (Fsp3) is 0.632. The number of halogens is 1. The van der Waals surface area contributed by atoms with Crippen LogP contribution in [0.4, 0.5) is 0 Å². The highest BCUT2D eigenvalue weighted by Crippen LogP contribution is 2.38. The van der Waals surface area contributed by atoms with Gasteiger partial charge in [-0.05, 0) is 38.1 Å². The first-order valence-electron chi connectivity index (χ1n) is 8.86. The molecule has 0 bridgehead atoms. The van der Waals surface area contributed by atoms with Gasteiger partial charge in [0.15, 0.2) is 5.96 Å². The number of hydrogen-bond acceptors (Lipinski definition) is 3. The van der Waals surface area contributed by atoms with Gasteiger partial charge in [0.1, 0.15) is 0 Å². The van der Waals surface area contributed by atoms with E-state index in [1.54, 1.807) is 0 Å². The van der Waals surface area contributed by atoms with Crippen LogP contribution in [0.25, 0.3) is 0 Å². The zero-order valence-corrected chi connectivity index (χ0v) is 18.0. The molecule has 2 aliphatic heterocycles. The summed E-state index contributed by atoms with van der Waals surface area (Å²) >= 11 is 0. The smallest absolute Gasteiger partial charge is 0.193 e. The summed E-state index contributed by atoms with van der Waals surface area (Å²) in [4.78, 5) is 9.07. The number of hydrogen-bond donors (Lipinski definition) is 1. The van der Waals surface area contributed by atoms with Crippen LogP contribution in [0.15, 0.2) is 29.3 Å². The van der Waals surface area contributed by atoms with Gasteiger partial charge < -0.3 is 19.9 Å². The van der Waals surface area contributed by atoms with Gasteiger partial charge in [-0.25, -0.2) is 0 Å².